The van der Waals surface area contributed by atoms with Crippen LogP contribution in [-0.2, 0) is 11.3 Å². The van der Waals surface area contributed by atoms with E-state index in [0.717, 1.165) is 4.90 Å². The zero-order chi connectivity index (χ0) is 22.1. The summed E-state index contributed by atoms with van der Waals surface area (Å²) in [4.78, 5) is 36.5. The van der Waals surface area contributed by atoms with Crippen LogP contribution in [0.3, 0.4) is 0 Å². The minimum absolute atomic E-state index is 0.00126. The van der Waals surface area contributed by atoms with E-state index in [-0.39, 0.29) is 17.9 Å². The quantitative estimate of drug-likeness (QED) is 0.285. The zero-order valence-corrected chi connectivity index (χ0v) is 16.3. The molecule has 0 radical (unpaired) electrons. The molecule has 31 heavy (non-hydrogen) atoms. The van der Waals surface area contributed by atoms with E-state index < -0.39 is 22.7 Å². The number of halogens is 1. The number of nitrogens with one attached hydrogen (secondary N) is 1. The molecule has 1 aliphatic rings. The van der Waals surface area contributed by atoms with E-state index in [0.29, 0.717) is 28.2 Å². The lowest BCUT2D eigenvalue weighted by Crippen LogP contribution is -2.30. The second-order valence-electron chi connectivity index (χ2n) is 6.97. The summed E-state index contributed by atoms with van der Waals surface area (Å²) in [5.41, 5.74) is 1.66. The van der Waals surface area contributed by atoms with Crippen molar-refractivity contribution in [1.82, 2.24) is 10.2 Å². The van der Waals surface area contributed by atoms with Crippen molar-refractivity contribution in [2.24, 2.45) is 0 Å². The van der Waals surface area contributed by atoms with Crippen molar-refractivity contribution in [1.29, 1.82) is 0 Å². The van der Waals surface area contributed by atoms with Gasteiger partial charge in [0.1, 0.15) is 23.0 Å². The maximum Gasteiger partial charge on any atom is 0.329 e. The van der Waals surface area contributed by atoms with Gasteiger partial charge < -0.3 is 9.73 Å². The van der Waals surface area contributed by atoms with Crippen molar-refractivity contribution >= 4 is 23.7 Å². The number of carbonyl (C=O) groups is 2. The third-order valence-electron chi connectivity index (χ3n) is 4.82. The topological polar surface area (TPSA) is 106 Å². The first kappa shape index (κ1) is 20.0. The summed E-state index contributed by atoms with van der Waals surface area (Å²) in [5.74, 6) is -0.271. The lowest BCUT2D eigenvalue weighted by molar-refractivity contribution is -0.385. The van der Waals surface area contributed by atoms with Crippen LogP contribution < -0.4 is 5.32 Å². The van der Waals surface area contributed by atoms with E-state index in [1.165, 1.54) is 36.4 Å². The molecule has 8 nitrogen and oxygen atoms in total. The van der Waals surface area contributed by atoms with Crippen LogP contribution in [0.25, 0.3) is 17.4 Å². The Kier molecular flexibility index (Phi) is 5.08. The van der Waals surface area contributed by atoms with Crippen molar-refractivity contribution in [3.05, 3.63) is 93.1 Å². The lowest BCUT2D eigenvalue weighted by atomic mass is 10.1. The number of nitro groups is 1. The van der Waals surface area contributed by atoms with E-state index in [1.54, 1.807) is 31.2 Å². The van der Waals surface area contributed by atoms with Gasteiger partial charge in [-0.1, -0.05) is 24.3 Å². The van der Waals surface area contributed by atoms with Gasteiger partial charge >= 0.3 is 6.03 Å². The average molecular weight is 421 g/mol. The number of aryl methyl sites for hydroxylation is 1. The molecule has 0 unspecified atom stereocenters. The Bertz CT molecular complexity index is 1230. The van der Waals surface area contributed by atoms with Gasteiger partial charge in [-0.15, -0.1) is 0 Å². The van der Waals surface area contributed by atoms with Crippen molar-refractivity contribution in [2.75, 3.05) is 0 Å². The first-order valence-corrected chi connectivity index (χ1v) is 9.26. The van der Waals surface area contributed by atoms with Crippen LogP contribution in [0.5, 0.6) is 0 Å². The Morgan fingerprint density at radius 1 is 1.13 bits per heavy atom. The van der Waals surface area contributed by atoms with Gasteiger partial charge in [0, 0.05) is 23.3 Å². The molecular weight excluding hydrogens is 405 g/mol. The largest absolute Gasteiger partial charge is 0.457 e. The second-order valence-corrected chi connectivity index (χ2v) is 6.97. The normalized spacial score (nSPS) is 14.9. The molecule has 1 saturated heterocycles. The Labute approximate surface area is 175 Å². The molecule has 0 bridgehead atoms. The van der Waals surface area contributed by atoms with Crippen molar-refractivity contribution in [3.63, 3.8) is 0 Å². The van der Waals surface area contributed by atoms with Crippen LogP contribution in [0, 0.1) is 22.9 Å². The first-order chi connectivity index (χ1) is 14.8. The molecule has 2 heterocycles. The van der Waals surface area contributed by atoms with Crippen molar-refractivity contribution in [2.45, 2.75) is 13.5 Å². The molecule has 1 aliphatic heterocycles. The number of imide groups is 1. The minimum atomic E-state index is -0.596. The number of hydrogen-bond donors (Lipinski definition) is 1. The maximum atomic E-state index is 13.1. The van der Waals surface area contributed by atoms with Gasteiger partial charge in [-0.05, 0) is 36.8 Å². The molecule has 3 amide bonds. The summed E-state index contributed by atoms with van der Waals surface area (Å²) in [7, 11) is 0. The van der Waals surface area contributed by atoms with Gasteiger partial charge in [0.05, 0.1) is 11.5 Å². The van der Waals surface area contributed by atoms with Crippen LogP contribution in [0.4, 0.5) is 14.9 Å². The highest BCUT2D eigenvalue weighted by Crippen LogP contribution is 2.29. The van der Waals surface area contributed by atoms with E-state index >= 15 is 0 Å². The van der Waals surface area contributed by atoms with E-state index in [1.807, 2.05) is 0 Å². The van der Waals surface area contributed by atoms with Crippen molar-refractivity contribution in [3.8, 4) is 11.3 Å². The molecule has 4 rings (SSSR count). The first-order valence-electron chi connectivity index (χ1n) is 9.26. The summed E-state index contributed by atoms with van der Waals surface area (Å²) < 4.78 is 18.7. The average Bonchev–Trinajstić information content (AvgIpc) is 3.30. The third kappa shape index (κ3) is 4.06. The number of urea groups is 1. The number of nitro benzene ring substituents is 1. The number of hydrogen-bond acceptors (Lipinski definition) is 5. The van der Waals surface area contributed by atoms with Crippen LogP contribution in [-0.4, -0.2) is 21.8 Å². The number of amides is 3. The number of furan rings is 1. The zero-order valence-electron chi connectivity index (χ0n) is 16.3. The van der Waals surface area contributed by atoms with Crippen LogP contribution >= 0.6 is 0 Å². The summed E-state index contributed by atoms with van der Waals surface area (Å²) in [5, 5.41) is 13.6. The molecule has 0 spiro atoms. The molecule has 0 atom stereocenters. The molecule has 3 aromatic rings. The fraction of sp³-hybridized carbons (Fsp3) is 0.0909. The summed E-state index contributed by atoms with van der Waals surface area (Å²) in [6, 6.07) is 12.9. The second kappa shape index (κ2) is 7.86. The molecule has 1 aromatic heterocycles. The van der Waals surface area contributed by atoms with Gasteiger partial charge in [-0.25, -0.2) is 9.18 Å². The third-order valence-corrected chi connectivity index (χ3v) is 4.82. The van der Waals surface area contributed by atoms with E-state index in [4.69, 9.17) is 4.42 Å². The lowest BCUT2D eigenvalue weighted by Gasteiger charge is -2.11. The SMILES string of the molecule is Cc1ccc(-c2ccc(/C=C3/NC(=O)N(Cc4ccc(F)cc4)C3=O)o2)cc1[N+](=O)[O-]. The van der Waals surface area contributed by atoms with E-state index in [2.05, 4.69) is 5.32 Å². The van der Waals surface area contributed by atoms with Crippen molar-refractivity contribution < 1.29 is 23.3 Å². The number of rotatable bonds is 5. The van der Waals surface area contributed by atoms with Crippen LogP contribution in [0.15, 0.2) is 64.7 Å². The highest BCUT2D eigenvalue weighted by molar-refractivity contribution is 6.13. The molecule has 1 N–H and O–H groups in total. The monoisotopic (exact) mass is 421 g/mol. The molecule has 9 heteroatoms. The number of carbonyl (C=O) groups excluding carboxylic acids is 2. The highest BCUT2D eigenvalue weighted by atomic mass is 19.1. The summed E-state index contributed by atoms with van der Waals surface area (Å²) in [6.45, 7) is 1.64. The molecule has 156 valence electrons. The Balaban J connectivity index is 1.55. The highest BCUT2D eigenvalue weighted by Gasteiger charge is 2.33. The van der Waals surface area contributed by atoms with Crippen LogP contribution in [0.1, 0.15) is 16.9 Å². The Morgan fingerprint density at radius 3 is 2.58 bits per heavy atom. The predicted molar refractivity (Wildman–Crippen MR) is 109 cm³/mol. The Hall–Kier alpha value is -4.27. The molecule has 0 aliphatic carbocycles. The summed E-state index contributed by atoms with van der Waals surface area (Å²) >= 11 is 0. The maximum absolute atomic E-state index is 13.1. The van der Waals surface area contributed by atoms with Gasteiger partial charge in [-0.3, -0.25) is 19.8 Å². The molecule has 0 saturated carbocycles. The van der Waals surface area contributed by atoms with E-state index in [9.17, 15) is 24.1 Å². The number of benzene rings is 2. The van der Waals surface area contributed by atoms with Gasteiger partial charge in [0.25, 0.3) is 11.6 Å². The summed E-state index contributed by atoms with van der Waals surface area (Å²) in [6.07, 6.45) is 1.39. The minimum Gasteiger partial charge on any atom is -0.457 e. The predicted octanol–water partition coefficient (Wildman–Crippen LogP) is 4.40. The molecule has 1 fully saturated rings. The van der Waals surface area contributed by atoms with Crippen LogP contribution in [0.2, 0.25) is 0 Å². The van der Waals surface area contributed by atoms with Gasteiger partial charge in [0.2, 0.25) is 0 Å². The Morgan fingerprint density at radius 2 is 1.87 bits per heavy atom. The number of nitrogens with zero attached hydrogens (tertiary/aromatic N) is 2. The van der Waals surface area contributed by atoms with Gasteiger partial charge in [0.15, 0.2) is 0 Å². The molecular formula is C22H16FN3O5. The molecule has 2 aromatic carbocycles. The van der Waals surface area contributed by atoms with Gasteiger partial charge in [-0.2, -0.15) is 0 Å². The smallest absolute Gasteiger partial charge is 0.329 e. The standard InChI is InChI=1S/C22H16FN3O5/c1-13-2-5-15(10-19(13)26(29)30)20-9-8-17(31-20)11-18-21(27)25(22(28)24-18)12-14-3-6-16(23)7-4-14/h2-11H,12H2,1H3,(H,24,28)/b18-11+. The fourth-order valence-electron chi connectivity index (χ4n) is 3.17. The fourth-order valence-corrected chi connectivity index (χ4v) is 3.17.